The van der Waals surface area contributed by atoms with Gasteiger partial charge in [-0.3, -0.25) is 9.78 Å². The number of benzene rings is 1. The van der Waals surface area contributed by atoms with Gasteiger partial charge in [-0.15, -0.1) is 11.8 Å². The Balaban J connectivity index is 1.31. The van der Waals surface area contributed by atoms with E-state index in [1.165, 1.54) is 22.3 Å². The number of hydrogen-bond acceptors (Lipinski definition) is 4. The second-order valence-electron chi connectivity index (χ2n) is 11.4. The second-order valence-corrected chi connectivity index (χ2v) is 12.4. The molecule has 1 aromatic heterocycles. The van der Waals surface area contributed by atoms with E-state index in [9.17, 15) is 4.79 Å². The maximum atomic E-state index is 12.3. The van der Waals surface area contributed by atoms with Gasteiger partial charge in [0, 0.05) is 29.0 Å². The van der Waals surface area contributed by atoms with Crippen molar-refractivity contribution in [3.63, 3.8) is 0 Å². The van der Waals surface area contributed by atoms with Crippen LogP contribution in [-0.4, -0.2) is 33.2 Å². The highest BCUT2D eigenvalue weighted by molar-refractivity contribution is 8.00. The maximum Gasteiger partial charge on any atom is 0.235 e. The lowest BCUT2D eigenvalue weighted by Gasteiger charge is -2.38. The molecule has 3 fully saturated rings. The Morgan fingerprint density at radius 1 is 1.06 bits per heavy atom. The van der Waals surface area contributed by atoms with Crippen LogP contribution in [0.1, 0.15) is 74.0 Å². The largest absolute Gasteiger partial charge is 0.336 e. The van der Waals surface area contributed by atoms with Crippen molar-refractivity contribution in [1.82, 2.24) is 9.88 Å². The first-order valence-corrected chi connectivity index (χ1v) is 13.0. The molecule has 1 saturated carbocycles. The number of rotatable bonds is 4. The van der Waals surface area contributed by atoms with E-state index in [2.05, 4.69) is 71.0 Å². The number of carbonyl (C=O) groups excluding carboxylic acids is 1. The minimum atomic E-state index is -0.0505. The Kier molecular flexibility index (Phi) is 4.52. The van der Waals surface area contributed by atoms with Gasteiger partial charge >= 0.3 is 0 Å². The van der Waals surface area contributed by atoms with Gasteiger partial charge in [0.25, 0.3) is 0 Å². The number of thioether (sulfide) groups is 1. The molecule has 33 heavy (non-hydrogen) atoms. The van der Waals surface area contributed by atoms with Crippen LogP contribution in [0, 0.1) is 6.92 Å². The van der Waals surface area contributed by atoms with Crippen LogP contribution in [0.3, 0.4) is 0 Å². The molecular formula is C28H32N2O2S. The average molecular weight is 461 g/mol. The first-order chi connectivity index (χ1) is 15.6. The van der Waals surface area contributed by atoms with E-state index in [0.717, 1.165) is 24.1 Å². The van der Waals surface area contributed by atoms with Crippen LogP contribution < -0.4 is 0 Å². The fraction of sp³-hybridized carbons (Fsp3) is 0.500. The Hall–Kier alpha value is -2.11. The number of fused-ring (bicyclic) bond motifs is 2. The smallest absolute Gasteiger partial charge is 0.235 e. The molecule has 172 valence electrons. The molecule has 2 saturated heterocycles. The summed E-state index contributed by atoms with van der Waals surface area (Å²) in [6, 6.07) is 9.24. The van der Waals surface area contributed by atoms with Crippen molar-refractivity contribution in [1.29, 1.82) is 0 Å². The average Bonchev–Trinajstić information content (AvgIpc) is 3.69. The zero-order valence-electron chi connectivity index (χ0n) is 20.1. The molecule has 4 aliphatic rings. The monoisotopic (exact) mass is 460 g/mol. The first kappa shape index (κ1) is 21.4. The zero-order chi connectivity index (χ0) is 23.2. The van der Waals surface area contributed by atoms with Gasteiger partial charge in [-0.2, -0.15) is 0 Å². The van der Waals surface area contributed by atoms with Gasteiger partial charge in [-0.25, -0.2) is 0 Å². The van der Waals surface area contributed by atoms with Crippen LogP contribution in [0.15, 0.2) is 42.6 Å². The zero-order valence-corrected chi connectivity index (χ0v) is 21.0. The van der Waals surface area contributed by atoms with E-state index in [1.54, 1.807) is 11.8 Å². The lowest BCUT2D eigenvalue weighted by Crippen LogP contribution is -2.38. The fourth-order valence-corrected chi connectivity index (χ4v) is 6.64. The number of carbonyl (C=O) groups is 1. The molecule has 0 N–H and O–H groups in total. The number of hydrogen-bond donors (Lipinski definition) is 0. The van der Waals surface area contributed by atoms with Crippen molar-refractivity contribution in [3.8, 4) is 0 Å². The van der Waals surface area contributed by atoms with Gasteiger partial charge < -0.3 is 9.64 Å². The summed E-state index contributed by atoms with van der Waals surface area (Å²) >= 11 is 1.60. The minimum Gasteiger partial charge on any atom is -0.336 e. The van der Waals surface area contributed by atoms with Gasteiger partial charge in [0.15, 0.2) is 11.7 Å². The van der Waals surface area contributed by atoms with Crippen LogP contribution in [0.4, 0.5) is 0 Å². The van der Waals surface area contributed by atoms with Gasteiger partial charge in [0.1, 0.15) is 0 Å². The van der Waals surface area contributed by atoms with Crippen LogP contribution in [0.2, 0.25) is 0 Å². The molecule has 1 aromatic carbocycles. The number of nitrogens with zero attached hydrogens (tertiary/aromatic N) is 2. The molecule has 2 atom stereocenters. The van der Waals surface area contributed by atoms with Crippen molar-refractivity contribution < 1.29 is 9.53 Å². The Bertz CT molecular complexity index is 1180. The van der Waals surface area contributed by atoms with Crippen LogP contribution in [0.5, 0.6) is 0 Å². The van der Waals surface area contributed by atoms with E-state index in [-0.39, 0.29) is 33.8 Å². The molecule has 2 aliphatic heterocycles. The third-order valence-electron chi connectivity index (χ3n) is 8.03. The molecule has 2 unspecified atom stereocenters. The van der Waals surface area contributed by atoms with E-state index in [4.69, 9.17) is 9.72 Å². The van der Waals surface area contributed by atoms with E-state index in [0.29, 0.717) is 12.3 Å². The standard InChI is InChI=1S/C28H32N2O2S/c1-17-12-20-21(27(4,5)9-8-26(20,2)3)13-19(17)28(10-11-28)22-7-6-18(14-29-22)15-30-23(31)16-33-25-24(30)32-25/h6-9,12-14,24-25H,10-11,15-16H2,1-5H3. The molecule has 2 aliphatic carbocycles. The fourth-order valence-electron chi connectivity index (χ4n) is 5.66. The molecule has 6 rings (SSSR count). The molecule has 0 spiro atoms. The number of amides is 1. The Morgan fingerprint density at radius 2 is 1.76 bits per heavy atom. The van der Waals surface area contributed by atoms with Crippen molar-refractivity contribution in [3.05, 3.63) is 76.1 Å². The highest BCUT2D eigenvalue weighted by Crippen LogP contribution is 2.55. The van der Waals surface area contributed by atoms with Crippen molar-refractivity contribution in [2.24, 2.45) is 0 Å². The highest BCUT2D eigenvalue weighted by atomic mass is 32.2. The summed E-state index contributed by atoms with van der Waals surface area (Å²) in [5, 5.41) is 0. The summed E-state index contributed by atoms with van der Waals surface area (Å²) in [6.45, 7) is 12.1. The number of epoxide rings is 1. The summed E-state index contributed by atoms with van der Waals surface area (Å²) in [6.07, 6.45) is 8.92. The second kappa shape index (κ2) is 6.96. The first-order valence-electron chi connectivity index (χ1n) is 12.0. The molecule has 0 bridgehead atoms. The SMILES string of the molecule is Cc1cc2c(cc1C1(c3ccc(CN4C(=O)CSC5OC54)cn3)CC1)C(C)(C)C=CC2(C)C. The molecular weight excluding hydrogens is 428 g/mol. The van der Waals surface area contributed by atoms with Crippen LogP contribution in [0.25, 0.3) is 0 Å². The summed E-state index contributed by atoms with van der Waals surface area (Å²) < 4.78 is 5.61. The van der Waals surface area contributed by atoms with Gasteiger partial charge in [0.2, 0.25) is 5.91 Å². The minimum absolute atomic E-state index is 0.0152. The Labute approximate surface area is 200 Å². The maximum absolute atomic E-state index is 12.3. The summed E-state index contributed by atoms with van der Waals surface area (Å²) in [4.78, 5) is 19.1. The molecule has 3 heterocycles. The molecule has 4 nitrogen and oxygen atoms in total. The molecule has 0 radical (unpaired) electrons. The lowest BCUT2D eigenvalue weighted by molar-refractivity contribution is -0.131. The van der Waals surface area contributed by atoms with Gasteiger partial charge in [-0.05, 0) is 53.6 Å². The highest BCUT2D eigenvalue weighted by Gasteiger charge is 2.51. The third-order valence-corrected chi connectivity index (χ3v) is 9.12. The van der Waals surface area contributed by atoms with Crippen LogP contribution in [-0.2, 0) is 32.3 Å². The molecule has 5 heteroatoms. The van der Waals surface area contributed by atoms with E-state index in [1.807, 2.05) is 11.1 Å². The number of aryl methyl sites for hydroxylation is 1. The predicted molar refractivity (Wildman–Crippen MR) is 132 cm³/mol. The van der Waals surface area contributed by atoms with Gasteiger partial charge in [0.05, 0.1) is 11.4 Å². The van der Waals surface area contributed by atoms with E-state index >= 15 is 0 Å². The lowest BCUT2D eigenvalue weighted by atomic mass is 9.66. The van der Waals surface area contributed by atoms with Crippen molar-refractivity contribution in [2.75, 3.05) is 5.75 Å². The van der Waals surface area contributed by atoms with E-state index < -0.39 is 0 Å². The van der Waals surface area contributed by atoms with Gasteiger partial charge in [-0.1, -0.05) is 58.0 Å². The molecule has 1 amide bonds. The van der Waals surface area contributed by atoms with Crippen molar-refractivity contribution in [2.45, 2.75) is 81.9 Å². The number of ether oxygens (including phenoxy) is 1. The normalized spacial score (nSPS) is 27.7. The number of aromatic nitrogens is 1. The van der Waals surface area contributed by atoms with Crippen molar-refractivity contribution >= 4 is 17.7 Å². The summed E-state index contributed by atoms with van der Waals surface area (Å²) in [5.74, 6) is 0.668. The quantitative estimate of drug-likeness (QED) is 0.456. The third kappa shape index (κ3) is 3.38. The summed E-state index contributed by atoms with van der Waals surface area (Å²) in [5.41, 5.74) is 8.17. The topological polar surface area (TPSA) is 45.7 Å². The van der Waals surface area contributed by atoms with Crippen LogP contribution >= 0.6 is 11.8 Å². The molecule has 2 aromatic rings. The summed E-state index contributed by atoms with van der Waals surface area (Å²) in [7, 11) is 0. The Morgan fingerprint density at radius 3 is 2.39 bits per heavy atom. The number of allylic oxidation sites excluding steroid dienone is 2. The predicted octanol–water partition coefficient (Wildman–Crippen LogP) is 5.35. The number of pyridine rings is 1.